The normalized spacial score (nSPS) is 10.7. The summed E-state index contributed by atoms with van der Waals surface area (Å²) in [6.07, 6.45) is 10.0. The number of unbranched alkanes of at least 4 members (excludes halogenated alkanes) is 4. The van der Waals surface area contributed by atoms with Gasteiger partial charge in [0.15, 0.2) is 0 Å². The van der Waals surface area contributed by atoms with Crippen LogP contribution in [0.15, 0.2) is 48.8 Å². The van der Waals surface area contributed by atoms with Gasteiger partial charge in [0.25, 0.3) is 0 Å². The predicted molar refractivity (Wildman–Crippen MR) is 95.5 cm³/mol. The molecule has 1 N–H and O–H groups in total. The minimum Gasteiger partial charge on any atom is -0.494 e. The number of ether oxygens (including phenoxy) is 1. The lowest BCUT2D eigenvalue weighted by molar-refractivity contribution is 0.304. The van der Waals surface area contributed by atoms with Gasteiger partial charge in [-0.2, -0.15) is 0 Å². The smallest absolute Gasteiger partial charge is 0.119 e. The molecule has 0 radical (unpaired) electrons. The average molecular weight is 312 g/mol. The van der Waals surface area contributed by atoms with Crippen molar-refractivity contribution in [1.29, 1.82) is 0 Å². The summed E-state index contributed by atoms with van der Waals surface area (Å²) in [7, 11) is 0. The molecule has 0 fully saturated rings. The van der Waals surface area contributed by atoms with E-state index in [4.69, 9.17) is 4.74 Å². The number of hydrogen-bond acceptors (Lipinski definition) is 3. The molecular formula is C20H28N2O. The third-order valence-corrected chi connectivity index (χ3v) is 3.82. The number of pyridine rings is 1. The molecule has 1 heterocycles. The molecule has 0 aliphatic carbocycles. The van der Waals surface area contributed by atoms with E-state index in [2.05, 4.69) is 47.6 Å². The summed E-state index contributed by atoms with van der Waals surface area (Å²) in [6.45, 7) is 4.75. The molecule has 124 valence electrons. The largest absolute Gasteiger partial charge is 0.494 e. The monoisotopic (exact) mass is 312 g/mol. The fraction of sp³-hybridized carbons (Fsp3) is 0.450. The van der Waals surface area contributed by atoms with Crippen LogP contribution in [0.5, 0.6) is 5.75 Å². The van der Waals surface area contributed by atoms with Crippen molar-refractivity contribution in [3.05, 3.63) is 59.9 Å². The number of benzene rings is 1. The first-order chi connectivity index (χ1) is 11.4. The van der Waals surface area contributed by atoms with Crippen LogP contribution in [-0.4, -0.2) is 11.6 Å². The highest BCUT2D eigenvalue weighted by Gasteiger charge is 1.97. The molecule has 0 unspecified atom stereocenters. The standard InChI is InChI=1S/C20H28N2O/c1-2-3-4-5-6-14-23-20-11-9-18(10-12-20)15-22-17-19-8-7-13-21-16-19/h7-13,16,22H,2-6,14-15,17H2,1H3. The molecule has 0 saturated carbocycles. The molecule has 0 aliphatic heterocycles. The summed E-state index contributed by atoms with van der Waals surface area (Å²) in [6, 6.07) is 12.4. The molecule has 0 spiro atoms. The molecule has 1 aromatic heterocycles. The first kappa shape index (κ1) is 17.5. The van der Waals surface area contributed by atoms with E-state index >= 15 is 0 Å². The third kappa shape index (κ3) is 7.29. The Hall–Kier alpha value is -1.87. The van der Waals surface area contributed by atoms with Crippen molar-refractivity contribution in [2.24, 2.45) is 0 Å². The summed E-state index contributed by atoms with van der Waals surface area (Å²) >= 11 is 0. The Morgan fingerprint density at radius 2 is 1.70 bits per heavy atom. The van der Waals surface area contributed by atoms with Crippen LogP contribution < -0.4 is 10.1 Å². The predicted octanol–water partition coefficient (Wildman–Crippen LogP) is 4.72. The Morgan fingerprint density at radius 3 is 2.43 bits per heavy atom. The lowest BCUT2D eigenvalue weighted by Gasteiger charge is -2.08. The molecule has 1 aromatic carbocycles. The van der Waals surface area contributed by atoms with E-state index in [9.17, 15) is 0 Å². The van der Waals surface area contributed by atoms with Gasteiger partial charge in [0.2, 0.25) is 0 Å². The van der Waals surface area contributed by atoms with E-state index in [-0.39, 0.29) is 0 Å². The third-order valence-electron chi connectivity index (χ3n) is 3.82. The quantitative estimate of drug-likeness (QED) is 0.610. The zero-order valence-corrected chi connectivity index (χ0v) is 14.1. The fourth-order valence-electron chi connectivity index (χ4n) is 2.45. The van der Waals surface area contributed by atoms with Crippen molar-refractivity contribution in [3.8, 4) is 5.75 Å². The second kappa shape index (κ2) is 10.8. The number of hydrogen-bond donors (Lipinski definition) is 1. The minimum absolute atomic E-state index is 0.822. The molecule has 3 heteroatoms. The maximum absolute atomic E-state index is 5.79. The van der Waals surface area contributed by atoms with Crippen molar-refractivity contribution in [1.82, 2.24) is 10.3 Å². The summed E-state index contributed by atoms with van der Waals surface area (Å²) in [4.78, 5) is 4.12. The van der Waals surface area contributed by atoms with Crippen LogP contribution in [0.4, 0.5) is 0 Å². The molecule has 0 saturated heterocycles. The second-order valence-corrected chi connectivity index (χ2v) is 5.87. The lowest BCUT2D eigenvalue weighted by Crippen LogP contribution is -2.12. The van der Waals surface area contributed by atoms with Gasteiger partial charge in [0.1, 0.15) is 5.75 Å². The fourth-order valence-corrected chi connectivity index (χ4v) is 2.45. The van der Waals surface area contributed by atoms with Crippen LogP contribution in [0, 0.1) is 0 Å². The summed E-state index contributed by atoms with van der Waals surface area (Å²) in [5.74, 6) is 0.969. The molecule has 23 heavy (non-hydrogen) atoms. The van der Waals surface area contributed by atoms with Crippen molar-refractivity contribution in [3.63, 3.8) is 0 Å². The number of aromatic nitrogens is 1. The van der Waals surface area contributed by atoms with Crippen LogP contribution in [0.1, 0.15) is 50.2 Å². The van der Waals surface area contributed by atoms with E-state index in [1.165, 1.54) is 36.8 Å². The summed E-state index contributed by atoms with van der Waals surface area (Å²) in [5.41, 5.74) is 2.47. The number of nitrogens with one attached hydrogen (secondary N) is 1. The average Bonchev–Trinajstić information content (AvgIpc) is 2.60. The van der Waals surface area contributed by atoms with Crippen molar-refractivity contribution < 1.29 is 4.74 Å². The Morgan fingerprint density at radius 1 is 0.913 bits per heavy atom. The van der Waals surface area contributed by atoms with Gasteiger partial charge in [0.05, 0.1) is 6.61 Å². The highest BCUT2D eigenvalue weighted by molar-refractivity contribution is 5.27. The van der Waals surface area contributed by atoms with Crippen molar-refractivity contribution >= 4 is 0 Å². The van der Waals surface area contributed by atoms with Crippen LogP contribution in [0.2, 0.25) is 0 Å². The SMILES string of the molecule is CCCCCCCOc1ccc(CNCc2cccnc2)cc1. The van der Waals surface area contributed by atoms with Gasteiger partial charge in [0, 0.05) is 25.5 Å². The topological polar surface area (TPSA) is 34.1 Å². The molecular weight excluding hydrogens is 284 g/mol. The number of rotatable bonds is 11. The Balaban J connectivity index is 1.62. The zero-order chi connectivity index (χ0) is 16.2. The zero-order valence-electron chi connectivity index (χ0n) is 14.1. The molecule has 2 aromatic rings. The number of nitrogens with zero attached hydrogens (tertiary/aromatic N) is 1. The van der Waals surface area contributed by atoms with Gasteiger partial charge in [-0.3, -0.25) is 4.98 Å². The van der Waals surface area contributed by atoms with E-state index in [0.29, 0.717) is 0 Å². The van der Waals surface area contributed by atoms with Gasteiger partial charge < -0.3 is 10.1 Å². The van der Waals surface area contributed by atoms with Crippen molar-refractivity contribution in [2.45, 2.75) is 52.1 Å². The van der Waals surface area contributed by atoms with Crippen LogP contribution >= 0.6 is 0 Å². The molecule has 0 aliphatic rings. The van der Waals surface area contributed by atoms with Gasteiger partial charge in [-0.1, -0.05) is 50.8 Å². The molecule has 0 amide bonds. The highest BCUT2D eigenvalue weighted by Crippen LogP contribution is 2.13. The van der Waals surface area contributed by atoms with Crippen LogP contribution in [-0.2, 0) is 13.1 Å². The molecule has 0 atom stereocenters. The minimum atomic E-state index is 0.822. The van der Waals surface area contributed by atoms with Gasteiger partial charge in [-0.15, -0.1) is 0 Å². The maximum Gasteiger partial charge on any atom is 0.119 e. The van der Waals surface area contributed by atoms with Crippen molar-refractivity contribution in [2.75, 3.05) is 6.61 Å². The molecule has 0 bridgehead atoms. The first-order valence-electron chi connectivity index (χ1n) is 8.70. The van der Waals surface area contributed by atoms with E-state index < -0.39 is 0 Å². The second-order valence-electron chi connectivity index (χ2n) is 5.87. The first-order valence-corrected chi connectivity index (χ1v) is 8.70. The Bertz CT molecular complexity index is 525. The van der Waals surface area contributed by atoms with Gasteiger partial charge in [-0.05, 0) is 35.7 Å². The van der Waals surface area contributed by atoms with E-state index in [1.807, 2.05) is 12.3 Å². The van der Waals surface area contributed by atoms with Gasteiger partial charge in [-0.25, -0.2) is 0 Å². The van der Waals surface area contributed by atoms with Gasteiger partial charge >= 0.3 is 0 Å². The maximum atomic E-state index is 5.79. The molecule has 3 nitrogen and oxygen atoms in total. The Labute approximate surface area is 140 Å². The molecule has 2 rings (SSSR count). The summed E-state index contributed by atoms with van der Waals surface area (Å²) < 4.78 is 5.79. The van der Waals surface area contributed by atoms with Crippen LogP contribution in [0.3, 0.4) is 0 Å². The van der Waals surface area contributed by atoms with E-state index in [1.54, 1.807) is 6.20 Å². The Kier molecular flexibility index (Phi) is 8.20. The highest BCUT2D eigenvalue weighted by atomic mass is 16.5. The van der Waals surface area contributed by atoms with Crippen LogP contribution in [0.25, 0.3) is 0 Å². The summed E-state index contributed by atoms with van der Waals surface area (Å²) in [5, 5.41) is 3.43. The lowest BCUT2D eigenvalue weighted by atomic mass is 10.2. The van der Waals surface area contributed by atoms with E-state index in [0.717, 1.165) is 31.9 Å².